The van der Waals surface area contributed by atoms with Crippen molar-refractivity contribution in [2.75, 3.05) is 13.2 Å². The summed E-state index contributed by atoms with van der Waals surface area (Å²) in [6.07, 6.45) is 1.12. The number of aliphatic hydroxyl groups excluding tert-OH is 1. The number of benzene rings is 2. The predicted molar refractivity (Wildman–Crippen MR) is 100 cm³/mol. The average molecular weight is 358 g/mol. The van der Waals surface area contributed by atoms with Crippen molar-refractivity contribution in [2.45, 2.75) is 31.9 Å². The van der Waals surface area contributed by atoms with Crippen LogP contribution in [0.15, 0.2) is 48.5 Å². The van der Waals surface area contributed by atoms with Crippen LogP contribution < -0.4 is 15.8 Å². The van der Waals surface area contributed by atoms with Crippen LogP contribution in [0.2, 0.25) is 0 Å². The van der Waals surface area contributed by atoms with Gasteiger partial charge in [0.1, 0.15) is 24.2 Å². The summed E-state index contributed by atoms with van der Waals surface area (Å²) in [6, 6.07) is 14.0. The number of aromatic hydroxyl groups is 1. The van der Waals surface area contributed by atoms with Crippen molar-refractivity contribution in [1.29, 1.82) is 0 Å². The van der Waals surface area contributed by atoms with Gasteiger partial charge in [-0.1, -0.05) is 18.2 Å². The van der Waals surface area contributed by atoms with Crippen molar-refractivity contribution in [1.82, 2.24) is 5.32 Å². The number of carbonyl (C=O) groups excluding carboxylic acids is 1. The van der Waals surface area contributed by atoms with Gasteiger partial charge in [0.05, 0.1) is 0 Å². The minimum Gasteiger partial charge on any atom is -0.508 e. The number of carbonyl (C=O) groups is 1. The molecular weight excluding hydrogens is 332 g/mol. The number of aryl methyl sites for hydroxylation is 1. The van der Waals surface area contributed by atoms with E-state index in [1.54, 1.807) is 30.3 Å². The molecule has 1 unspecified atom stereocenters. The maximum absolute atomic E-state index is 11.1. The standard InChI is InChI=1S/C20H26N2O4/c1-14(5-6-15-7-9-16(10-8-15)20(21)25)22-12-18(24)13-26-19-4-2-3-17(23)11-19/h2-4,7-11,14,18,22-24H,5-6,12-13H2,1H3,(H2,21,25)/t14?,18-/m1/s1. The second-order valence-corrected chi connectivity index (χ2v) is 6.37. The van der Waals surface area contributed by atoms with Gasteiger partial charge in [0, 0.05) is 24.2 Å². The number of rotatable bonds is 10. The van der Waals surface area contributed by atoms with Crippen LogP contribution in [-0.4, -0.2) is 41.4 Å². The second kappa shape index (κ2) is 9.79. The van der Waals surface area contributed by atoms with Gasteiger partial charge in [-0.25, -0.2) is 0 Å². The first-order valence-corrected chi connectivity index (χ1v) is 8.66. The molecule has 26 heavy (non-hydrogen) atoms. The van der Waals surface area contributed by atoms with E-state index in [1.807, 2.05) is 12.1 Å². The van der Waals surface area contributed by atoms with Crippen molar-refractivity contribution in [3.63, 3.8) is 0 Å². The first-order chi connectivity index (χ1) is 12.4. The smallest absolute Gasteiger partial charge is 0.248 e. The topological polar surface area (TPSA) is 105 Å². The number of nitrogens with two attached hydrogens (primary N) is 1. The molecule has 0 saturated carbocycles. The summed E-state index contributed by atoms with van der Waals surface area (Å²) < 4.78 is 5.45. The van der Waals surface area contributed by atoms with Gasteiger partial charge >= 0.3 is 0 Å². The number of phenolic OH excluding ortho intramolecular Hbond substituents is 1. The monoisotopic (exact) mass is 358 g/mol. The molecule has 0 aliphatic carbocycles. The fraction of sp³-hybridized carbons (Fsp3) is 0.350. The van der Waals surface area contributed by atoms with E-state index < -0.39 is 12.0 Å². The van der Waals surface area contributed by atoms with Crippen LogP contribution in [0, 0.1) is 0 Å². The number of aliphatic hydroxyl groups is 1. The molecule has 0 aromatic heterocycles. The SMILES string of the molecule is CC(CCc1ccc(C(N)=O)cc1)NC[C@@H](O)COc1cccc(O)c1. The van der Waals surface area contributed by atoms with E-state index in [9.17, 15) is 15.0 Å². The molecule has 2 atom stereocenters. The maximum atomic E-state index is 11.1. The summed E-state index contributed by atoms with van der Waals surface area (Å²) >= 11 is 0. The zero-order chi connectivity index (χ0) is 18.9. The first-order valence-electron chi connectivity index (χ1n) is 8.66. The molecule has 6 nitrogen and oxygen atoms in total. The Balaban J connectivity index is 1.66. The minimum atomic E-state index is -0.644. The van der Waals surface area contributed by atoms with Crippen LogP contribution in [0.1, 0.15) is 29.3 Å². The van der Waals surface area contributed by atoms with Crippen molar-refractivity contribution in [3.8, 4) is 11.5 Å². The van der Waals surface area contributed by atoms with Crippen LogP contribution in [0.4, 0.5) is 0 Å². The fourth-order valence-corrected chi connectivity index (χ4v) is 2.48. The fourth-order valence-electron chi connectivity index (χ4n) is 2.48. The van der Waals surface area contributed by atoms with Gasteiger partial charge in [0.25, 0.3) is 0 Å². The van der Waals surface area contributed by atoms with Gasteiger partial charge in [-0.3, -0.25) is 4.79 Å². The van der Waals surface area contributed by atoms with E-state index in [-0.39, 0.29) is 18.4 Å². The lowest BCUT2D eigenvalue weighted by atomic mass is 10.0. The predicted octanol–water partition coefficient (Wildman–Crippen LogP) is 1.84. The zero-order valence-corrected chi connectivity index (χ0v) is 14.9. The van der Waals surface area contributed by atoms with E-state index >= 15 is 0 Å². The Labute approximate surface area is 153 Å². The van der Waals surface area contributed by atoms with Gasteiger partial charge in [-0.05, 0) is 49.6 Å². The lowest BCUT2D eigenvalue weighted by molar-refractivity contribution is 0.1000. The maximum Gasteiger partial charge on any atom is 0.248 e. The van der Waals surface area contributed by atoms with Crippen molar-refractivity contribution in [2.24, 2.45) is 5.73 Å². The highest BCUT2D eigenvalue weighted by molar-refractivity contribution is 5.92. The van der Waals surface area contributed by atoms with Crippen LogP contribution in [-0.2, 0) is 6.42 Å². The molecule has 6 heteroatoms. The molecule has 0 radical (unpaired) electrons. The summed E-state index contributed by atoms with van der Waals surface area (Å²) in [5.41, 5.74) is 6.87. The highest BCUT2D eigenvalue weighted by Crippen LogP contribution is 2.17. The molecule has 0 spiro atoms. The van der Waals surface area contributed by atoms with Gasteiger partial charge in [-0.15, -0.1) is 0 Å². The molecule has 0 aliphatic heterocycles. The molecule has 140 valence electrons. The van der Waals surface area contributed by atoms with E-state index in [1.165, 1.54) is 6.07 Å². The van der Waals surface area contributed by atoms with Crippen LogP contribution in [0.5, 0.6) is 11.5 Å². The Morgan fingerprint density at radius 2 is 1.96 bits per heavy atom. The average Bonchev–Trinajstić information content (AvgIpc) is 2.63. The molecular formula is C20H26N2O4. The number of nitrogens with one attached hydrogen (secondary N) is 1. The number of primary amides is 1. The largest absolute Gasteiger partial charge is 0.508 e. The summed E-state index contributed by atoms with van der Waals surface area (Å²) in [7, 11) is 0. The molecule has 0 fully saturated rings. The van der Waals surface area contributed by atoms with Crippen LogP contribution in [0.3, 0.4) is 0 Å². The lowest BCUT2D eigenvalue weighted by Crippen LogP contribution is -2.36. The van der Waals surface area contributed by atoms with E-state index in [4.69, 9.17) is 10.5 Å². The molecule has 0 saturated heterocycles. The number of amides is 1. The van der Waals surface area contributed by atoms with Gasteiger partial charge < -0.3 is 26.0 Å². The molecule has 2 aromatic carbocycles. The van der Waals surface area contributed by atoms with Crippen molar-refractivity contribution >= 4 is 5.91 Å². The van der Waals surface area contributed by atoms with Gasteiger partial charge in [0.15, 0.2) is 0 Å². The zero-order valence-electron chi connectivity index (χ0n) is 14.9. The Bertz CT molecular complexity index is 703. The quantitative estimate of drug-likeness (QED) is 0.519. The molecule has 2 rings (SSSR count). The number of ether oxygens (including phenoxy) is 1. The van der Waals surface area contributed by atoms with Crippen LogP contribution >= 0.6 is 0 Å². The summed E-state index contributed by atoms with van der Waals surface area (Å²) in [6.45, 7) is 2.62. The molecule has 1 amide bonds. The number of hydrogen-bond donors (Lipinski definition) is 4. The van der Waals surface area contributed by atoms with E-state index in [2.05, 4.69) is 12.2 Å². The van der Waals surface area contributed by atoms with Crippen molar-refractivity contribution < 1.29 is 19.7 Å². The third-order valence-electron chi connectivity index (χ3n) is 4.07. The second-order valence-electron chi connectivity index (χ2n) is 6.37. The highest BCUT2D eigenvalue weighted by atomic mass is 16.5. The summed E-state index contributed by atoms with van der Waals surface area (Å²) in [4.78, 5) is 11.1. The number of phenols is 1. The lowest BCUT2D eigenvalue weighted by Gasteiger charge is -2.18. The Morgan fingerprint density at radius 1 is 1.23 bits per heavy atom. The molecule has 0 aliphatic rings. The highest BCUT2D eigenvalue weighted by Gasteiger charge is 2.09. The van der Waals surface area contributed by atoms with Gasteiger partial charge in [0.2, 0.25) is 5.91 Å². The first kappa shape index (κ1) is 19.8. The molecule has 0 heterocycles. The normalized spacial score (nSPS) is 13.2. The third kappa shape index (κ3) is 6.74. The third-order valence-corrected chi connectivity index (χ3v) is 4.07. The molecule has 0 bridgehead atoms. The van der Waals surface area contributed by atoms with Crippen molar-refractivity contribution in [3.05, 3.63) is 59.7 Å². The Kier molecular flexibility index (Phi) is 7.44. The van der Waals surface area contributed by atoms with Gasteiger partial charge in [-0.2, -0.15) is 0 Å². The summed E-state index contributed by atoms with van der Waals surface area (Å²) in [5, 5.41) is 22.7. The van der Waals surface area contributed by atoms with E-state index in [0.717, 1.165) is 18.4 Å². The van der Waals surface area contributed by atoms with Crippen LogP contribution in [0.25, 0.3) is 0 Å². The number of hydrogen-bond acceptors (Lipinski definition) is 5. The minimum absolute atomic E-state index is 0.132. The van der Waals surface area contributed by atoms with E-state index in [0.29, 0.717) is 17.9 Å². The molecule has 5 N–H and O–H groups in total. The Hall–Kier alpha value is -2.57. The molecule has 2 aromatic rings. The summed E-state index contributed by atoms with van der Waals surface area (Å²) in [5.74, 6) is 0.234. The Morgan fingerprint density at radius 3 is 2.62 bits per heavy atom.